The van der Waals surface area contributed by atoms with Gasteiger partial charge in [-0.05, 0) is 84.1 Å². The predicted octanol–water partition coefficient (Wildman–Crippen LogP) is 14.2. The molecule has 1 heteroatoms. The molecule has 11 rings (SSSR count). The molecule has 1 aromatic heterocycles. The predicted molar refractivity (Wildman–Crippen MR) is 226 cm³/mol. The molecule has 0 aliphatic heterocycles. The highest BCUT2D eigenvalue weighted by Crippen LogP contribution is 2.53. The van der Waals surface area contributed by atoms with E-state index in [0.717, 1.165) is 27.5 Å². The average Bonchev–Trinajstić information content (AvgIpc) is 3.77. The van der Waals surface area contributed by atoms with Gasteiger partial charge < -0.3 is 4.42 Å². The van der Waals surface area contributed by atoms with Crippen LogP contribution in [0.3, 0.4) is 0 Å². The number of fused-ring (bicyclic) bond motifs is 10. The topological polar surface area (TPSA) is 13.1 Å². The first-order chi connectivity index (χ1) is 26.3. The van der Waals surface area contributed by atoms with Crippen LogP contribution in [0, 0.1) is 0 Å². The summed E-state index contributed by atoms with van der Waals surface area (Å²) in [5.41, 5.74) is 18.7. The van der Waals surface area contributed by atoms with E-state index in [9.17, 15) is 0 Å². The molecule has 2 aliphatic carbocycles. The van der Waals surface area contributed by atoms with E-state index < -0.39 is 0 Å². The van der Waals surface area contributed by atoms with Gasteiger partial charge in [0.25, 0.3) is 0 Å². The summed E-state index contributed by atoms with van der Waals surface area (Å²) in [4.78, 5) is 0. The van der Waals surface area contributed by atoms with Gasteiger partial charge in [-0.15, -0.1) is 0 Å². The van der Waals surface area contributed by atoms with Crippen LogP contribution in [-0.2, 0) is 10.8 Å². The highest BCUT2D eigenvalue weighted by Gasteiger charge is 2.37. The number of benzene rings is 8. The Morgan fingerprint density at radius 2 is 1.00 bits per heavy atom. The molecule has 1 heterocycles. The molecule has 0 radical (unpaired) electrons. The van der Waals surface area contributed by atoms with E-state index in [1.807, 2.05) is 0 Å². The van der Waals surface area contributed by atoms with Crippen LogP contribution in [0.2, 0.25) is 0 Å². The second-order valence-corrected chi connectivity index (χ2v) is 16.4. The largest absolute Gasteiger partial charge is 0.455 e. The normalized spacial score (nSPS) is 15.3. The molecule has 2 aliphatic rings. The molecule has 9 aromatic rings. The molecular weight excluding hydrogens is 653 g/mol. The van der Waals surface area contributed by atoms with Gasteiger partial charge in [0.15, 0.2) is 0 Å². The maximum Gasteiger partial charge on any atom is 0.143 e. The fourth-order valence-electron chi connectivity index (χ4n) is 10.1. The van der Waals surface area contributed by atoms with Crippen LogP contribution in [0.4, 0.5) is 0 Å². The summed E-state index contributed by atoms with van der Waals surface area (Å²) >= 11 is 0. The van der Waals surface area contributed by atoms with E-state index in [0.29, 0.717) is 0 Å². The molecule has 0 saturated carbocycles. The van der Waals surface area contributed by atoms with Crippen molar-refractivity contribution >= 4 is 32.7 Å². The molecule has 0 spiro atoms. The standard InChI is InChI=1S/C53H40O/c1-52(2)44-23-12-10-19-37(44)39-27-25-34(30-46(39)52)48(32-15-6-5-7-16-32)42-22-14-21-41-43-29-33-17-8-9-18-36(33)49(51(43)54-50(41)42)35-26-28-40-38-20-11-13-24-45(38)53(3,4)47(40)31-35/h5-31,48H,1-4H3. The van der Waals surface area contributed by atoms with Crippen molar-refractivity contribution in [1.82, 2.24) is 0 Å². The zero-order valence-corrected chi connectivity index (χ0v) is 31.1. The van der Waals surface area contributed by atoms with Gasteiger partial charge in [-0.2, -0.15) is 0 Å². The Kier molecular flexibility index (Phi) is 6.48. The molecule has 1 nitrogen and oxygen atoms in total. The van der Waals surface area contributed by atoms with Gasteiger partial charge >= 0.3 is 0 Å². The third kappa shape index (κ3) is 4.27. The lowest BCUT2D eigenvalue weighted by molar-refractivity contribution is 0.656. The van der Waals surface area contributed by atoms with Crippen molar-refractivity contribution in [2.24, 2.45) is 0 Å². The van der Waals surface area contributed by atoms with Gasteiger partial charge in [0.2, 0.25) is 0 Å². The van der Waals surface area contributed by atoms with E-state index in [-0.39, 0.29) is 16.7 Å². The maximum absolute atomic E-state index is 7.32. The van der Waals surface area contributed by atoms with Gasteiger partial charge in [-0.3, -0.25) is 0 Å². The molecule has 1 atom stereocenters. The van der Waals surface area contributed by atoms with Crippen LogP contribution in [0.5, 0.6) is 0 Å². The molecule has 258 valence electrons. The van der Waals surface area contributed by atoms with Crippen LogP contribution in [-0.4, -0.2) is 0 Å². The molecule has 0 fully saturated rings. The van der Waals surface area contributed by atoms with Crippen molar-refractivity contribution in [3.63, 3.8) is 0 Å². The molecule has 8 aromatic carbocycles. The highest BCUT2D eigenvalue weighted by atomic mass is 16.3. The van der Waals surface area contributed by atoms with E-state index in [1.54, 1.807) is 0 Å². The summed E-state index contributed by atoms with van der Waals surface area (Å²) in [6.07, 6.45) is 0. The Bertz CT molecular complexity index is 2990. The van der Waals surface area contributed by atoms with Gasteiger partial charge in [0, 0.05) is 38.6 Å². The Labute approximate surface area is 316 Å². The molecule has 0 bridgehead atoms. The zero-order valence-electron chi connectivity index (χ0n) is 31.1. The van der Waals surface area contributed by atoms with E-state index >= 15 is 0 Å². The smallest absolute Gasteiger partial charge is 0.143 e. The molecule has 0 amide bonds. The Morgan fingerprint density at radius 1 is 0.407 bits per heavy atom. The summed E-state index contributed by atoms with van der Waals surface area (Å²) < 4.78 is 7.32. The Balaban J connectivity index is 1.16. The van der Waals surface area contributed by atoms with Crippen LogP contribution in [0.15, 0.2) is 168 Å². The lowest BCUT2D eigenvalue weighted by Gasteiger charge is -2.24. The number of furan rings is 1. The third-order valence-electron chi connectivity index (χ3n) is 12.8. The first-order valence-corrected chi connectivity index (χ1v) is 19.2. The SMILES string of the molecule is CC1(C)c2ccccc2-c2ccc(-c3c4ccccc4cc4c3oc3c(C(c5ccccc5)c5ccc6c(c5)C(C)(C)c5ccccc5-6)cccc34)cc21. The number of hydrogen-bond donors (Lipinski definition) is 0. The lowest BCUT2D eigenvalue weighted by atomic mass is 9.79. The van der Waals surface area contributed by atoms with Crippen molar-refractivity contribution in [2.45, 2.75) is 44.4 Å². The molecule has 1 unspecified atom stereocenters. The van der Waals surface area contributed by atoms with E-state index in [1.165, 1.54) is 77.5 Å². The Morgan fingerprint density at radius 3 is 1.74 bits per heavy atom. The lowest BCUT2D eigenvalue weighted by Crippen LogP contribution is -2.15. The van der Waals surface area contributed by atoms with E-state index in [4.69, 9.17) is 4.42 Å². The molecule has 0 saturated heterocycles. The van der Waals surface area contributed by atoms with Gasteiger partial charge in [-0.25, -0.2) is 0 Å². The summed E-state index contributed by atoms with van der Waals surface area (Å²) in [6, 6.07) is 60.9. The molecule has 54 heavy (non-hydrogen) atoms. The minimum atomic E-state index is -0.0959. The fourth-order valence-corrected chi connectivity index (χ4v) is 10.1. The quantitative estimate of drug-likeness (QED) is 0.167. The molecule has 0 N–H and O–H groups in total. The molecular formula is C53H40O. The highest BCUT2D eigenvalue weighted by molar-refractivity contribution is 6.19. The van der Waals surface area contributed by atoms with Gasteiger partial charge in [-0.1, -0.05) is 179 Å². The first kappa shape index (κ1) is 31.4. The van der Waals surface area contributed by atoms with E-state index in [2.05, 4.69) is 191 Å². The van der Waals surface area contributed by atoms with Crippen molar-refractivity contribution in [2.75, 3.05) is 0 Å². The van der Waals surface area contributed by atoms with Gasteiger partial charge in [0.05, 0.1) is 0 Å². The summed E-state index contributed by atoms with van der Waals surface area (Å²) in [7, 11) is 0. The number of hydrogen-bond acceptors (Lipinski definition) is 1. The second-order valence-electron chi connectivity index (χ2n) is 16.4. The van der Waals surface area contributed by atoms with Gasteiger partial charge in [0.1, 0.15) is 11.2 Å². The van der Waals surface area contributed by atoms with Crippen molar-refractivity contribution in [1.29, 1.82) is 0 Å². The van der Waals surface area contributed by atoms with Crippen molar-refractivity contribution in [3.8, 4) is 33.4 Å². The fraction of sp³-hybridized carbons (Fsp3) is 0.132. The summed E-state index contributed by atoms with van der Waals surface area (Å²) in [5.74, 6) is -0.0163. The Hall–Kier alpha value is -6.18. The second kappa shape index (κ2) is 11.2. The van der Waals surface area contributed by atoms with Crippen LogP contribution >= 0.6 is 0 Å². The first-order valence-electron chi connectivity index (χ1n) is 19.2. The van der Waals surface area contributed by atoms with Crippen LogP contribution < -0.4 is 0 Å². The average molecular weight is 693 g/mol. The van der Waals surface area contributed by atoms with Crippen molar-refractivity contribution in [3.05, 3.63) is 203 Å². The summed E-state index contributed by atoms with van der Waals surface area (Å²) in [5, 5.41) is 4.73. The monoisotopic (exact) mass is 692 g/mol. The third-order valence-corrected chi connectivity index (χ3v) is 12.8. The van der Waals surface area contributed by atoms with Crippen molar-refractivity contribution < 1.29 is 4.42 Å². The van der Waals surface area contributed by atoms with Crippen LogP contribution in [0.1, 0.15) is 72.6 Å². The maximum atomic E-state index is 7.32. The number of para-hydroxylation sites is 1. The number of rotatable bonds is 4. The minimum absolute atomic E-state index is 0.0163. The summed E-state index contributed by atoms with van der Waals surface area (Å²) in [6.45, 7) is 9.44. The zero-order chi connectivity index (χ0) is 36.3. The minimum Gasteiger partial charge on any atom is -0.455 e. The van der Waals surface area contributed by atoms with Crippen LogP contribution in [0.25, 0.3) is 66.1 Å².